The van der Waals surface area contributed by atoms with Crippen LogP contribution < -0.4 is 12.4 Å². The third-order valence-corrected chi connectivity index (χ3v) is 1.62. The molecule has 1 rings (SSSR count). The molecule has 0 bridgehead atoms. The number of rotatable bonds is 4. The minimum atomic E-state index is 0. The van der Waals surface area contributed by atoms with Gasteiger partial charge in [-0.1, -0.05) is 6.08 Å². The van der Waals surface area contributed by atoms with Gasteiger partial charge in [-0.2, -0.15) is 0 Å². The minimum Gasteiger partial charge on any atom is -1.00 e. The summed E-state index contributed by atoms with van der Waals surface area (Å²) in [6, 6.07) is 0. The number of hydrogen-bond donors (Lipinski definition) is 0. The second-order valence-electron chi connectivity index (χ2n) is 4.14. The van der Waals surface area contributed by atoms with Crippen LogP contribution in [0.25, 0.3) is 0 Å². The Morgan fingerprint density at radius 2 is 1.92 bits per heavy atom. The minimum absolute atomic E-state index is 0. The zero-order valence-electron chi connectivity index (χ0n) is 8.09. The van der Waals surface area contributed by atoms with E-state index in [2.05, 4.69) is 33.3 Å². The Morgan fingerprint density at radius 3 is 2.33 bits per heavy atom. The van der Waals surface area contributed by atoms with Crippen LogP contribution in [0.5, 0.6) is 0 Å². The summed E-state index contributed by atoms with van der Waals surface area (Å²) in [5.41, 5.74) is 0. The molecule has 0 N–H and O–H groups in total. The quantitative estimate of drug-likeness (QED) is 0.286. The molecule has 1 atom stereocenters. The number of epoxide rings is 1. The van der Waals surface area contributed by atoms with Gasteiger partial charge < -0.3 is 21.6 Å². The van der Waals surface area contributed by atoms with Crippen molar-refractivity contribution < 1.29 is 21.6 Å². The van der Waals surface area contributed by atoms with Gasteiger partial charge in [0.15, 0.2) is 0 Å². The van der Waals surface area contributed by atoms with Crippen LogP contribution in [0.15, 0.2) is 12.2 Å². The second-order valence-corrected chi connectivity index (χ2v) is 4.14. The number of nitrogens with zero attached hydrogens (tertiary/aromatic N) is 1. The average Bonchev–Trinajstić information content (AvgIpc) is 2.60. The van der Waals surface area contributed by atoms with Crippen molar-refractivity contribution in [3.8, 4) is 0 Å². The Bertz CT molecular complexity index is 147. The molecule has 1 aliphatic heterocycles. The molecule has 1 heterocycles. The van der Waals surface area contributed by atoms with E-state index in [1.54, 1.807) is 0 Å². The Kier molecular flexibility index (Phi) is 4.83. The zero-order valence-corrected chi connectivity index (χ0v) is 8.84. The third kappa shape index (κ3) is 6.65. The van der Waals surface area contributed by atoms with Crippen molar-refractivity contribution in [3.63, 3.8) is 0 Å². The summed E-state index contributed by atoms with van der Waals surface area (Å²) in [4.78, 5) is 0. The topological polar surface area (TPSA) is 12.5 Å². The maximum absolute atomic E-state index is 5.08. The van der Waals surface area contributed by atoms with Gasteiger partial charge in [0.2, 0.25) is 0 Å². The maximum atomic E-state index is 5.08. The predicted octanol–water partition coefficient (Wildman–Crippen LogP) is -1.96. The second kappa shape index (κ2) is 4.85. The van der Waals surface area contributed by atoms with E-state index >= 15 is 0 Å². The molecule has 2 nitrogen and oxygen atoms in total. The van der Waals surface area contributed by atoms with Gasteiger partial charge in [0, 0.05) is 0 Å². The number of hydrogen-bond acceptors (Lipinski definition) is 1. The fourth-order valence-corrected chi connectivity index (χ4v) is 0.843. The lowest BCUT2D eigenvalue weighted by molar-refractivity contribution is -0.864. The molecule has 0 aromatic carbocycles. The van der Waals surface area contributed by atoms with Gasteiger partial charge in [-0.3, -0.25) is 0 Å². The average molecular weight is 192 g/mol. The molecule has 0 aromatic rings. The van der Waals surface area contributed by atoms with Crippen molar-refractivity contribution in [1.29, 1.82) is 0 Å². The molecule has 1 unspecified atom stereocenters. The van der Waals surface area contributed by atoms with Gasteiger partial charge in [0.05, 0.1) is 40.4 Å². The summed E-state index contributed by atoms with van der Waals surface area (Å²) < 4.78 is 6.09. The molecule has 0 aliphatic carbocycles. The van der Waals surface area contributed by atoms with E-state index in [-0.39, 0.29) is 12.4 Å². The van der Waals surface area contributed by atoms with Crippen LogP contribution in [0.1, 0.15) is 6.42 Å². The largest absolute Gasteiger partial charge is 1.00 e. The molecular weight excluding hydrogens is 174 g/mol. The van der Waals surface area contributed by atoms with E-state index in [9.17, 15) is 0 Å². The summed E-state index contributed by atoms with van der Waals surface area (Å²) in [7, 11) is 6.58. The molecular formula is C9H18ClNO. The smallest absolute Gasteiger partial charge is 0.0967 e. The molecule has 1 aliphatic rings. The van der Waals surface area contributed by atoms with Crippen LogP contribution in [0, 0.1) is 0 Å². The SMILES string of the molecule is C[N+](C)(C)CC=CCC1CO1.[Cl-]. The van der Waals surface area contributed by atoms with Crippen LogP contribution in [0.2, 0.25) is 0 Å². The molecule has 12 heavy (non-hydrogen) atoms. The van der Waals surface area contributed by atoms with E-state index in [1.165, 1.54) is 0 Å². The van der Waals surface area contributed by atoms with Crippen LogP contribution >= 0.6 is 0 Å². The maximum Gasteiger partial charge on any atom is 0.0967 e. The summed E-state index contributed by atoms with van der Waals surface area (Å²) in [6.45, 7) is 2.07. The Hall–Kier alpha value is -0.0500. The van der Waals surface area contributed by atoms with Crippen LogP contribution in [0.4, 0.5) is 0 Å². The molecule has 3 heteroatoms. The van der Waals surface area contributed by atoms with E-state index in [4.69, 9.17) is 4.74 Å². The predicted molar refractivity (Wildman–Crippen MR) is 46.4 cm³/mol. The summed E-state index contributed by atoms with van der Waals surface area (Å²) in [5, 5.41) is 0. The highest BCUT2D eigenvalue weighted by molar-refractivity contribution is 4.87. The normalized spacial score (nSPS) is 22.4. The van der Waals surface area contributed by atoms with Crippen molar-refractivity contribution >= 4 is 0 Å². The van der Waals surface area contributed by atoms with Gasteiger partial charge in [-0.15, -0.1) is 0 Å². The molecule has 1 saturated heterocycles. The number of likely N-dealkylation sites (N-methyl/N-ethyl adjacent to an activating group) is 1. The van der Waals surface area contributed by atoms with Crippen molar-refractivity contribution in [2.24, 2.45) is 0 Å². The lowest BCUT2D eigenvalue weighted by Gasteiger charge is -2.21. The van der Waals surface area contributed by atoms with Crippen molar-refractivity contribution in [2.45, 2.75) is 12.5 Å². The first-order valence-corrected chi connectivity index (χ1v) is 4.15. The lowest BCUT2D eigenvalue weighted by atomic mass is 10.3. The van der Waals surface area contributed by atoms with Crippen molar-refractivity contribution in [3.05, 3.63) is 12.2 Å². The molecule has 0 radical (unpaired) electrons. The fourth-order valence-electron chi connectivity index (χ4n) is 0.843. The highest BCUT2D eigenvalue weighted by atomic mass is 35.5. The first-order valence-electron chi connectivity index (χ1n) is 4.15. The van der Waals surface area contributed by atoms with E-state index in [0.29, 0.717) is 6.10 Å². The van der Waals surface area contributed by atoms with Crippen LogP contribution in [-0.2, 0) is 4.74 Å². The Labute approximate surface area is 81.2 Å². The molecule has 1 fully saturated rings. The molecule has 0 saturated carbocycles. The van der Waals surface area contributed by atoms with Crippen LogP contribution in [-0.4, -0.2) is 44.9 Å². The first-order chi connectivity index (χ1) is 5.08. The Morgan fingerprint density at radius 1 is 1.33 bits per heavy atom. The van der Waals surface area contributed by atoms with Gasteiger partial charge >= 0.3 is 0 Å². The summed E-state index contributed by atoms with van der Waals surface area (Å²) in [5.74, 6) is 0. The van der Waals surface area contributed by atoms with Crippen molar-refractivity contribution in [1.82, 2.24) is 0 Å². The molecule has 0 spiro atoms. The van der Waals surface area contributed by atoms with E-state index < -0.39 is 0 Å². The van der Waals surface area contributed by atoms with Crippen LogP contribution in [0.3, 0.4) is 0 Å². The first kappa shape index (κ1) is 11.9. The number of quaternary nitrogens is 1. The Balaban J connectivity index is 0.00000121. The summed E-state index contributed by atoms with van der Waals surface area (Å²) in [6.07, 6.45) is 6.10. The van der Waals surface area contributed by atoms with E-state index in [1.807, 2.05) is 0 Å². The number of halogens is 1. The van der Waals surface area contributed by atoms with Gasteiger partial charge in [-0.05, 0) is 12.5 Å². The highest BCUT2D eigenvalue weighted by Gasteiger charge is 2.19. The molecule has 0 amide bonds. The van der Waals surface area contributed by atoms with E-state index in [0.717, 1.165) is 24.1 Å². The fraction of sp³-hybridized carbons (Fsp3) is 0.778. The third-order valence-electron chi connectivity index (χ3n) is 1.62. The zero-order chi connectivity index (χ0) is 8.32. The van der Waals surface area contributed by atoms with Gasteiger partial charge in [-0.25, -0.2) is 0 Å². The molecule has 72 valence electrons. The highest BCUT2D eigenvalue weighted by Crippen LogP contribution is 2.13. The van der Waals surface area contributed by atoms with Crippen molar-refractivity contribution in [2.75, 3.05) is 34.3 Å². The monoisotopic (exact) mass is 191 g/mol. The standard InChI is InChI=1S/C9H18NO.ClH/c1-10(2,3)7-5-4-6-9-8-11-9;/h4-5,9H,6-8H2,1-3H3;1H/q+1;/p-1. The summed E-state index contributed by atoms with van der Waals surface area (Å²) >= 11 is 0. The lowest BCUT2D eigenvalue weighted by Crippen LogP contribution is -3.00. The molecule has 0 aromatic heterocycles. The number of ether oxygens (including phenoxy) is 1. The van der Waals surface area contributed by atoms with Gasteiger partial charge in [0.1, 0.15) is 0 Å². The van der Waals surface area contributed by atoms with Gasteiger partial charge in [0.25, 0.3) is 0 Å².